The Hall–Kier alpha value is -4.51. The predicted molar refractivity (Wildman–Crippen MR) is 147 cm³/mol. The molecule has 7 nitrogen and oxygen atoms in total. The Morgan fingerprint density at radius 2 is 1.79 bits per heavy atom. The van der Waals surface area contributed by atoms with Crippen LogP contribution in [0.1, 0.15) is 52.0 Å². The average molecular weight is 527 g/mol. The molecule has 0 atom stereocenters. The van der Waals surface area contributed by atoms with E-state index in [1.165, 1.54) is 6.07 Å². The van der Waals surface area contributed by atoms with Crippen LogP contribution in [-0.2, 0) is 9.59 Å². The smallest absolute Gasteiger partial charge is 0.271 e. The summed E-state index contributed by atoms with van der Waals surface area (Å²) in [5.74, 6) is -1.38. The number of benzene rings is 2. The summed E-state index contributed by atoms with van der Waals surface area (Å²) in [6.07, 6.45) is 6.57. The van der Waals surface area contributed by atoms with Crippen LogP contribution in [0.25, 0.3) is 23.0 Å². The third-order valence-electron chi connectivity index (χ3n) is 6.58. The number of unbranched alkanes of at least 4 members (excludes halogenated alkanes) is 2. The lowest BCUT2D eigenvalue weighted by Gasteiger charge is -2.27. The molecule has 0 unspecified atom stereocenters. The average Bonchev–Trinajstić information content (AvgIpc) is 3.37. The summed E-state index contributed by atoms with van der Waals surface area (Å²) in [6, 6.07) is 16.1. The van der Waals surface area contributed by atoms with Crippen molar-refractivity contribution in [3.63, 3.8) is 0 Å². The van der Waals surface area contributed by atoms with E-state index in [-0.39, 0.29) is 23.4 Å². The number of nitrogens with zero attached hydrogens (tertiary/aromatic N) is 4. The van der Waals surface area contributed by atoms with Gasteiger partial charge in [-0.05, 0) is 61.7 Å². The van der Waals surface area contributed by atoms with Crippen molar-refractivity contribution in [1.29, 1.82) is 5.26 Å². The molecule has 3 aromatic rings. The molecule has 1 aliphatic heterocycles. The largest absolute Gasteiger partial charge is 0.491 e. The molecule has 0 N–H and O–H groups in total. The Morgan fingerprint density at radius 1 is 1.05 bits per heavy atom. The molecule has 0 spiro atoms. The van der Waals surface area contributed by atoms with E-state index >= 15 is 4.39 Å². The van der Waals surface area contributed by atoms with Crippen molar-refractivity contribution in [2.45, 2.75) is 46.5 Å². The molecule has 2 amide bonds. The standard InChI is InChI=1S/C31H31FN4O3/c1-4-6-15-35-30(37)25(21(3)26(19-33)31(35)38)17-23-20-36(24-11-9-8-10-12-24)34-29(23)22-13-14-28(27(32)18-22)39-16-7-5-2/h8-14,17-18,20H,4-7,15-16H2,1-3H3/b25-17+. The van der Waals surface area contributed by atoms with Gasteiger partial charge in [-0.15, -0.1) is 0 Å². The Bertz CT molecular complexity index is 1480. The second-order valence-electron chi connectivity index (χ2n) is 9.35. The van der Waals surface area contributed by atoms with Crippen molar-refractivity contribution in [3.05, 3.63) is 82.8 Å². The van der Waals surface area contributed by atoms with Crippen LogP contribution < -0.4 is 4.74 Å². The van der Waals surface area contributed by atoms with Crippen LogP contribution in [0.5, 0.6) is 5.75 Å². The summed E-state index contributed by atoms with van der Waals surface area (Å²) in [7, 11) is 0. The number of hydrogen-bond acceptors (Lipinski definition) is 5. The van der Waals surface area contributed by atoms with Crippen LogP contribution in [0, 0.1) is 17.1 Å². The van der Waals surface area contributed by atoms with Crippen LogP contribution in [0.3, 0.4) is 0 Å². The number of hydrogen-bond donors (Lipinski definition) is 0. The first-order valence-electron chi connectivity index (χ1n) is 13.2. The fourth-order valence-electron chi connectivity index (χ4n) is 4.33. The van der Waals surface area contributed by atoms with E-state index in [0.717, 1.165) is 29.8 Å². The van der Waals surface area contributed by atoms with Crippen molar-refractivity contribution >= 4 is 17.9 Å². The molecule has 0 saturated carbocycles. The minimum Gasteiger partial charge on any atom is -0.491 e. The number of aromatic nitrogens is 2. The zero-order chi connectivity index (χ0) is 27.9. The number of para-hydroxylation sites is 1. The monoisotopic (exact) mass is 526 g/mol. The lowest BCUT2D eigenvalue weighted by Crippen LogP contribution is -2.43. The molecule has 8 heteroatoms. The van der Waals surface area contributed by atoms with Gasteiger partial charge in [0.2, 0.25) is 0 Å². The summed E-state index contributed by atoms with van der Waals surface area (Å²) < 4.78 is 22.2. The minimum absolute atomic E-state index is 0.0615. The zero-order valence-corrected chi connectivity index (χ0v) is 22.4. The minimum atomic E-state index is -0.577. The highest BCUT2D eigenvalue weighted by atomic mass is 19.1. The second-order valence-corrected chi connectivity index (χ2v) is 9.35. The number of halogens is 1. The molecule has 2 aromatic carbocycles. The molecule has 1 aliphatic rings. The van der Waals surface area contributed by atoms with Crippen molar-refractivity contribution in [3.8, 4) is 28.8 Å². The molecule has 2 heterocycles. The van der Waals surface area contributed by atoms with Gasteiger partial charge in [-0.2, -0.15) is 10.4 Å². The van der Waals surface area contributed by atoms with E-state index in [1.807, 2.05) is 50.2 Å². The highest BCUT2D eigenvalue weighted by Gasteiger charge is 2.35. The summed E-state index contributed by atoms with van der Waals surface area (Å²) in [6.45, 7) is 6.25. The maximum atomic E-state index is 15.0. The molecule has 0 radical (unpaired) electrons. The Morgan fingerprint density at radius 3 is 2.46 bits per heavy atom. The van der Waals surface area contributed by atoms with Crippen LogP contribution >= 0.6 is 0 Å². The number of rotatable bonds is 10. The zero-order valence-electron chi connectivity index (χ0n) is 22.4. The van der Waals surface area contributed by atoms with Crippen molar-refractivity contribution in [1.82, 2.24) is 14.7 Å². The summed E-state index contributed by atoms with van der Waals surface area (Å²) >= 11 is 0. The predicted octanol–water partition coefficient (Wildman–Crippen LogP) is 6.25. The normalized spacial score (nSPS) is 14.7. The summed E-state index contributed by atoms with van der Waals surface area (Å²) in [4.78, 5) is 27.4. The molecule has 0 saturated heterocycles. The van der Waals surface area contributed by atoms with Gasteiger partial charge in [0.25, 0.3) is 11.8 Å². The molecule has 200 valence electrons. The Labute approximate surface area is 227 Å². The SMILES string of the molecule is CCCCOc1ccc(-c2nn(-c3ccccc3)cc2/C=C2/C(=O)N(CCCC)C(=O)C(C#N)=C2C)cc1F. The highest BCUT2D eigenvalue weighted by molar-refractivity contribution is 6.19. The molecule has 0 aliphatic carbocycles. The van der Waals surface area contributed by atoms with Crippen LogP contribution in [0.15, 0.2) is 71.4 Å². The van der Waals surface area contributed by atoms with Gasteiger partial charge < -0.3 is 4.74 Å². The van der Waals surface area contributed by atoms with E-state index < -0.39 is 17.6 Å². The number of carbonyl (C=O) groups excluding carboxylic acids is 2. The summed E-state index contributed by atoms with van der Waals surface area (Å²) in [5.41, 5.74) is 2.75. The lowest BCUT2D eigenvalue weighted by molar-refractivity contribution is -0.140. The van der Waals surface area contributed by atoms with Gasteiger partial charge in [0.05, 0.1) is 12.3 Å². The molecule has 4 rings (SSSR count). The van der Waals surface area contributed by atoms with E-state index in [4.69, 9.17) is 9.84 Å². The fraction of sp³-hybridized carbons (Fsp3) is 0.290. The second kappa shape index (κ2) is 12.4. The van der Waals surface area contributed by atoms with Crippen molar-refractivity contribution in [2.24, 2.45) is 0 Å². The van der Waals surface area contributed by atoms with E-state index in [9.17, 15) is 14.9 Å². The highest BCUT2D eigenvalue weighted by Crippen LogP contribution is 2.33. The van der Waals surface area contributed by atoms with Gasteiger partial charge in [0.15, 0.2) is 11.6 Å². The van der Waals surface area contributed by atoms with Gasteiger partial charge in [0.1, 0.15) is 17.3 Å². The van der Waals surface area contributed by atoms with Gasteiger partial charge in [-0.25, -0.2) is 9.07 Å². The first-order chi connectivity index (χ1) is 18.9. The van der Waals surface area contributed by atoms with Crippen molar-refractivity contribution in [2.75, 3.05) is 13.2 Å². The number of ether oxygens (including phenoxy) is 1. The van der Waals surface area contributed by atoms with Gasteiger partial charge in [0, 0.05) is 29.4 Å². The third kappa shape index (κ3) is 5.83. The number of carbonyl (C=O) groups is 2. The quantitative estimate of drug-likeness (QED) is 0.177. The third-order valence-corrected chi connectivity index (χ3v) is 6.58. The molecular formula is C31H31FN4O3. The van der Waals surface area contributed by atoms with Gasteiger partial charge >= 0.3 is 0 Å². The maximum Gasteiger partial charge on any atom is 0.271 e. The van der Waals surface area contributed by atoms with Crippen molar-refractivity contribution < 1.29 is 18.7 Å². The lowest BCUT2D eigenvalue weighted by atomic mass is 9.93. The van der Waals surface area contributed by atoms with Crippen LogP contribution in [0.4, 0.5) is 4.39 Å². The van der Waals surface area contributed by atoms with Crippen LogP contribution in [0.2, 0.25) is 0 Å². The molecule has 0 bridgehead atoms. The maximum absolute atomic E-state index is 15.0. The topological polar surface area (TPSA) is 88.2 Å². The van der Waals surface area contributed by atoms with E-state index in [0.29, 0.717) is 35.4 Å². The molecule has 1 aromatic heterocycles. The van der Waals surface area contributed by atoms with E-state index in [1.54, 1.807) is 36.0 Å². The van der Waals surface area contributed by atoms with Gasteiger partial charge in [-0.1, -0.05) is 44.9 Å². The molecule has 0 fully saturated rings. The fourth-order valence-corrected chi connectivity index (χ4v) is 4.33. The van der Waals surface area contributed by atoms with Gasteiger partial charge in [-0.3, -0.25) is 14.5 Å². The molecular weight excluding hydrogens is 495 g/mol. The summed E-state index contributed by atoms with van der Waals surface area (Å²) in [5, 5.41) is 14.4. The Balaban J connectivity index is 1.84. The Kier molecular flexibility index (Phi) is 8.72. The first kappa shape index (κ1) is 27.5. The number of imide groups is 1. The number of nitriles is 1. The first-order valence-corrected chi connectivity index (χ1v) is 13.2. The number of amides is 2. The molecule has 39 heavy (non-hydrogen) atoms. The van der Waals surface area contributed by atoms with E-state index in [2.05, 4.69) is 0 Å². The van der Waals surface area contributed by atoms with Crippen LogP contribution in [-0.4, -0.2) is 39.6 Å².